The molecule has 1 aliphatic rings. The molecule has 7 heteroatoms. The molecule has 1 N–H and O–H groups in total. The van der Waals surface area contributed by atoms with Gasteiger partial charge in [0.15, 0.2) is 11.5 Å². The Balaban J connectivity index is 1.55. The van der Waals surface area contributed by atoms with E-state index in [1.54, 1.807) is 38.5 Å². The zero-order valence-electron chi connectivity index (χ0n) is 18.3. The number of nitrogens with one attached hydrogen (secondary N) is 1. The van der Waals surface area contributed by atoms with Gasteiger partial charge in [0.25, 0.3) is 5.91 Å². The van der Waals surface area contributed by atoms with Crippen LogP contribution in [0.25, 0.3) is 0 Å². The summed E-state index contributed by atoms with van der Waals surface area (Å²) in [5.74, 6) is 1.65. The number of nitrogens with zero attached hydrogens (tertiary/aromatic N) is 1. The van der Waals surface area contributed by atoms with E-state index in [4.69, 9.17) is 14.2 Å². The zero-order chi connectivity index (χ0) is 22.2. The number of ether oxygens (including phenoxy) is 3. The van der Waals surface area contributed by atoms with E-state index in [0.717, 1.165) is 24.2 Å². The lowest BCUT2D eigenvalue weighted by atomic mass is 10.1. The molecule has 0 spiro atoms. The van der Waals surface area contributed by atoms with Gasteiger partial charge in [-0.1, -0.05) is 19.4 Å². The van der Waals surface area contributed by atoms with Crippen molar-refractivity contribution < 1.29 is 23.8 Å². The van der Waals surface area contributed by atoms with E-state index in [-0.39, 0.29) is 18.2 Å². The molecule has 0 bridgehead atoms. The quantitative estimate of drug-likeness (QED) is 0.439. The fourth-order valence-electron chi connectivity index (χ4n) is 3.52. The Bertz CT molecular complexity index is 897. The third kappa shape index (κ3) is 5.55. The predicted molar refractivity (Wildman–Crippen MR) is 119 cm³/mol. The number of carbonyl (C=O) groups is 2. The molecule has 3 rings (SSSR count). The maximum Gasteiger partial charge on any atom is 0.251 e. The Morgan fingerprint density at radius 1 is 1.03 bits per heavy atom. The van der Waals surface area contributed by atoms with Crippen LogP contribution in [0, 0.1) is 0 Å². The summed E-state index contributed by atoms with van der Waals surface area (Å²) in [5, 5.41) is 3.21. The normalized spacial score (nSPS) is 16.0. The number of carbonyl (C=O) groups excluding carboxylic acids is 2. The van der Waals surface area contributed by atoms with Crippen LogP contribution in [0.1, 0.15) is 31.7 Å². The number of rotatable bonds is 11. The first kappa shape index (κ1) is 22.6. The number of hydrogen-bond acceptors (Lipinski definition) is 6. The van der Waals surface area contributed by atoms with Crippen LogP contribution >= 0.6 is 0 Å². The van der Waals surface area contributed by atoms with Crippen LogP contribution in [0.4, 0.5) is 5.69 Å². The average molecular weight is 427 g/mol. The van der Waals surface area contributed by atoms with Crippen molar-refractivity contribution in [2.24, 2.45) is 0 Å². The minimum Gasteiger partial charge on any atom is -0.494 e. The molecule has 166 valence electrons. The molecule has 1 heterocycles. The Morgan fingerprint density at radius 2 is 1.77 bits per heavy atom. The number of unbranched alkanes of at least 4 members (excludes halogenated alkanes) is 1. The summed E-state index contributed by atoms with van der Waals surface area (Å²) >= 11 is 0. The second kappa shape index (κ2) is 10.8. The molecule has 1 fully saturated rings. The lowest BCUT2D eigenvalue weighted by molar-refractivity contribution is -0.121. The summed E-state index contributed by atoms with van der Waals surface area (Å²) in [7, 11) is 3.20. The monoisotopic (exact) mass is 426 g/mol. The maximum atomic E-state index is 12.8. The summed E-state index contributed by atoms with van der Waals surface area (Å²) in [6, 6.07) is 12.3. The number of methoxy groups -OCH3 is 2. The highest BCUT2D eigenvalue weighted by Gasteiger charge is 2.39. The first-order valence-corrected chi connectivity index (χ1v) is 10.6. The van der Waals surface area contributed by atoms with Crippen LogP contribution in [0.3, 0.4) is 0 Å². The van der Waals surface area contributed by atoms with Crippen molar-refractivity contribution in [3.8, 4) is 17.2 Å². The SMILES string of the molecule is CCCCOc1ccc(N2C(=O)CC(NCCc3ccc(OC)c(OC)c3)C2=O)cc1. The van der Waals surface area contributed by atoms with Crippen LogP contribution in [0.5, 0.6) is 17.2 Å². The fraction of sp³-hybridized carbons (Fsp3) is 0.417. The second-order valence-corrected chi connectivity index (χ2v) is 7.41. The molecule has 1 unspecified atom stereocenters. The van der Waals surface area contributed by atoms with E-state index in [2.05, 4.69) is 12.2 Å². The molecule has 31 heavy (non-hydrogen) atoms. The summed E-state index contributed by atoms with van der Waals surface area (Å²) in [6.07, 6.45) is 2.90. The largest absolute Gasteiger partial charge is 0.494 e. The van der Waals surface area contributed by atoms with Crippen molar-refractivity contribution in [3.05, 3.63) is 48.0 Å². The van der Waals surface area contributed by atoms with Crippen molar-refractivity contribution in [3.63, 3.8) is 0 Å². The minimum absolute atomic E-state index is 0.152. The van der Waals surface area contributed by atoms with Crippen LogP contribution in [-0.2, 0) is 16.0 Å². The Hall–Kier alpha value is -3.06. The molecule has 1 saturated heterocycles. The van der Waals surface area contributed by atoms with Crippen molar-refractivity contribution in [2.45, 2.75) is 38.6 Å². The summed E-state index contributed by atoms with van der Waals surface area (Å²) in [5.41, 5.74) is 1.62. The first-order valence-electron chi connectivity index (χ1n) is 10.6. The van der Waals surface area contributed by atoms with Crippen LogP contribution in [-0.4, -0.2) is 45.2 Å². The lowest BCUT2D eigenvalue weighted by Gasteiger charge is -2.16. The van der Waals surface area contributed by atoms with E-state index in [1.807, 2.05) is 18.2 Å². The number of benzene rings is 2. The minimum atomic E-state index is -0.520. The van der Waals surface area contributed by atoms with Gasteiger partial charge in [0.2, 0.25) is 5.91 Å². The number of hydrogen-bond donors (Lipinski definition) is 1. The van der Waals surface area contributed by atoms with Gasteiger partial charge >= 0.3 is 0 Å². The van der Waals surface area contributed by atoms with E-state index in [0.29, 0.717) is 36.8 Å². The van der Waals surface area contributed by atoms with E-state index in [1.165, 1.54) is 4.90 Å². The Morgan fingerprint density at radius 3 is 2.45 bits per heavy atom. The molecule has 2 aromatic carbocycles. The van der Waals surface area contributed by atoms with Gasteiger partial charge in [0.05, 0.1) is 39.0 Å². The topological polar surface area (TPSA) is 77.1 Å². The van der Waals surface area contributed by atoms with Gasteiger partial charge in [-0.25, -0.2) is 4.90 Å². The van der Waals surface area contributed by atoms with Gasteiger partial charge in [0.1, 0.15) is 5.75 Å². The van der Waals surface area contributed by atoms with Gasteiger partial charge < -0.3 is 19.5 Å². The molecule has 2 aromatic rings. The Labute approximate surface area is 183 Å². The summed E-state index contributed by atoms with van der Waals surface area (Å²) in [6.45, 7) is 3.33. The fourth-order valence-corrected chi connectivity index (χ4v) is 3.52. The van der Waals surface area contributed by atoms with Gasteiger partial charge in [-0.15, -0.1) is 0 Å². The molecule has 0 aliphatic carbocycles. The predicted octanol–water partition coefficient (Wildman–Crippen LogP) is 3.35. The molecule has 2 amide bonds. The number of imide groups is 1. The second-order valence-electron chi connectivity index (χ2n) is 7.41. The number of anilines is 1. The lowest BCUT2D eigenvalue weighted by Crippen LogP contribution is -2.39. The third-order valence-electron chi connectivity index (χ3n) is 5.26. The first-order chi connectivity index (χ1) is 15.1. The van der Waals surface area contributed by atoms with Crippen molar-refractivity contribution in [1.82, 2.24) is 5.32 Å². The van der Waals surface area contributed by atoms with Gasteiger partial charge in [-0.05, 0) is 61.3 Å². The number of amides is 2. The van der Waals surface area contributed by atoms with E-state index >= 15 is 0 Å². The molecular weight excluding hydrogens is 396 g/mol. The van der Waals surface area contributed by atoms with Crippen molar-refractivity contribution in [2.75, 3.05) is 32.3 Å². The molecule has 0 saturated carbocycles. The van der Waals surface area contributed by atoms with Crippen LogP contribution in [0.15, 0.2) is 42.5 Å². The smallest absolute Gasteiger partial charge is 0.251 e. The third-order valence-corrected chi connectivity index (χ3v) is 5.26. The van der Waals surface area contributed by atoms with E-state index < -0.39 is 6.04 Å². The van der Waals surface area contributed by atoms with Crippen molar-refractivity contribution >= 4 is 17.5 Å². The molecular formula is C24H30N2O5. The van der Waals surface area contributed by atoms with Crippen LogP contribution in [0.2, 0.25) is 0 Å². The molecule has 7 nitrogen and oxygen atoms in total. The molecule has 1 atom stereocenters. The molecule has 0 radical (unpaired) electrons. The van der Waals surface area contributed by atoms with Gasteiger partial charge in [0, 0.05) is 0 Å². The standard InChI is InChI=1S/C24H30N2O5/c1-4-5-14-31-19-9-7-18(8-10-19)26-23(27)16-20(24(26)28)25-13-12-17-6-11-21(29-2)22(15-17)30-3/h6-11,15,20,25H,4-5,12-14,16H2,1-3H3. The van der Waals surface area contributed by atoms with Gasteiger partial charge in [-0.3, -0.25) is 9.59 Å². The highest BCUT2D eigenvalue weighted by Crippen LogP contribution is 2.28. The molecule has 0 aromatic heterocycles. The zero-order valence-corrected chi connectivity index (χ0v) is 18.3. The average Bonchev–Trinajstić information content (AvgIpc) is 3.07. The maximum absolute atomic E-state index is 12.8. The van der Waals surface area contributed by atoms with Gasteiger partial charge in [-0.2, -0.15) is 0 Å². The van der Waals surface area contributed by atoms with Crippen molar-refractivity contribution in [1.29, 1.82) is 0 Å². The Kier molecular flexibility index (Phi) is 7.89. The molecule has 1 aliphatic heterocycles. The van der Waals surface area contributed by atoms with E-state index in [9.17, 15) is 9.59 Å². The van der Waals surface area contributed by atoms with Crippen LogP contribution < -0.4 is 24.4 Å². The highest BCUT2D eigenvalue weighted by molar-refractivity contribution is 6.22. The highest BCUT2D eigenvalue weighted by atomic mass is 16.5. The summed E-state index contributed by atoms with van der Waals surface area (Å²) < 4.78 is 16.2. The summed E-state index contributed by atoms with van der Waals surface area (Å²) in [4.78, 5) is 26.5.